The minimum Gasteiger partial charge on any atom is -0.349 e. The molecular formula is C19H19ClF3N3O. The molecule has 1 aromatic carbocycles. The van der Waals surface area contributed by atoms with Gasteiger partial charge in [-0.25, -0.2) is 4.98 Å². The van der Waals surface area contributed by atoms with Crippen molar-refractivity contribution in [2.75, 3.05) is 13.1 Å². The number of nitrogens with zero attached hydrogens (tertiary/aromatic N) is 2. The fourth-order valence-electron chi connectivity index (χ4n) is 3.16. The molecule has 1 N–H and O–H groups in total. The lowest BCUT2D eigenvalue weighted by Crippen LogP contribution is -2.44. The molecule has 1 amide bonds. The zero-order valence-electron chi connectivity index (χ0n) is 14.5. The van der Waals surface area contributed by atoms with Crippen molar-refractivity contribution in [2.24, 2.45) is 0 Å². The minimum atomic E-state index is -4.33. The van der Waals surface area contributed by atoms with Gasteiger partial charge in [0.2, 0.25) is 0 Å². The summed E-state index contributed by atoms with van der Waals surface area (Å²) in [5.74, 6) is -0.260. The minimum absolute atomic E-state index is 0.00605. The van der Waals surface area contributed by atoms with Crippen molar-refractivity contribution in [2.45, 2.75) is 31.6 Å². The van der Waals surface area contributed by atoms with Crippen molar-refractivity contribution in [1.82, 2.24) is 15.2 Å². The van der Waals surface area contributed by atoms with Gasteiger partial charge in [-0.2, -0.15) is 13.2 Å². The Labute approximate surface area is 160 Å². The average Bonchev–Trinajstić information content (AvgIpc) is 2.63. The first-order chi connectivity index (χ1) is 12.8. The van der Waals surface area contributed by atoms with E-state index in [9.17, 15) is 18.0 Å². The van der Waals surface area contributed by atoms with Gasteiger partial charge in [0.15, 0.2) is 0 Å². The van der Waals surface area contributed by atoms with Gasteiger partial charge in [0.1, 0.15) is 5.15 Å². The molecule has 1 saturated heterocycles. The molecule has 1 aliphatic rings. The van der Waals surface area contributed by atoms with Crippen LogP contribution in [0.5, 0.6) is 0 Å². The summed E-state index contributed by atoms with van der Waals surface area (Å²) in [5, 5.41) is 3.11. The normalized spacial score (nSPS) is 16.3. The topological polar surface area (TPSA) is 45.2 Å². The lowest BCUT2D eigenvalue weighted by molar-refractivity contribution is -0.137. The Kier molecular flexibility index (Phi) is 6.01. The van der Waals surface area contributed by atoms with Crippen molar-refractivity contribution in [1.29, 1.82) is 0 Å². The molecule has 0 unspecified atom stereocenters. The van der Waals surface area contributed by atoms with Crippen molar-refractivity contribution in [3.63, 3.8) is 0 Å². The molecule has 0 bridgehead atoms. The highest BCUT2D eigenvalue weighted by Gasteiger charge is 2.30. The number of amides is 1. The van der Waals surface area contributed by atoms with Crippen LogP contribution < -0.4 is 5.32 Å². The Morgan fingerprint density at radius 3 is 2.63 bits per heavy atom. The van der Waals surface area contributed by atoms with Gasteiger partial charge in [0.25, 0.3) is 5.91 Å². The van der Waals surface area contributed by atoms with Crippen molar-refractivity contribution in [3.05, 3.63) is 64.4 Å². The van der Waals surface area contributed by atoms with E-state index in [1.165, 1.54) is 18.3 Å². The quantitative estimate of drug-likeness (QED) is 0.788. The van der Waals surface area contributed by atoms with Crippen LogP contribution in [-0.4, -0.2) is 34.9 Å². The average molecular weight is 398 g/mol. The van der Waals surface area contributed by atoms with Crippen LogP contribution >= 0.6 is 11.6 Å². The molecule has 1 fully saturated rings. The molecule has 2 aromatic rings. The Bertz CT molecular complexity index is 805. The molecule has 3 rings (SSSR count). The second kappa shape index (κ2) is 8.27. The number of hydrogen-bond donors (Lipinski definition) is 1. The predicted molar refractivity (Wildman–Crippen MR) is 96.5 cm³/mol. The molecule has 2 heterocycles. The Hall–Kier alpha value is -2.12. The van der Waals surface area contributed by atoms with E-state index in [0.717, 1.165) is 18.9 Å². The van der Waals surface area contributed by atoms with Crippen LogP contribution in [0.3, 0.4) is 0 Å². The van der Waals surface area contributed by atoms with E-state index >= 15 is 0 Å². The fourth-order valence-corrected chi connectivity index (χ4v) is 3.36. The number of likely N-dealkylation sites (tertiary alicyclic amines) is 1. The van der Waals surface area contributed by atoms with E-state index in [2.05, 4.69) is 15.2 Å². The number of alkyl halides is 3. The Balaban J connectivity index is 1.52. The second-order valence-electron chi connectivity index (χ2n) is 6.56. The van der Waals surface area contributed by atoms with E-state index in [1.807, 2.05) is 0 Å². The lowest BCUT2D eigenvalue weighted by atomic mass is 10.0. The molecule has 1 aliphatic heterocycles. The monoisotopic (exact) mass is 397 g/mol. The zero-order chi connectivity index (χ0) is 19.4. The number of hydrogen-bond acceptors (Lipinski definition) is 3. The summed E-state index contributed by atoms with van der Waals surface area (Å²) >= 11 is 5.93. The first kappa shape index (κ1) is 19.6. The number of rotatable bonds is 4. The first-order valence-electron chi connectivity index (χ1n) is 8.63. The molecule has 27 heavy (non-hydrogen) atoms. The predicted octanol–water partition coefficient (Wildman–Crippen LogP) is 4.15. The molecule has 4 nitrogen and oxygen atoms in total. The summed E-state index contributed by atoms with van der Waals surface area (Å²) in [6.07, 6.45) is -1.36. The van der Waals surface area contributed by atoms with Crippen LogP contribution in [0, 0.1) is 0 Å². The summed E-state index contributed by atoms with van der Waals surface area (Å²) < 4.78 is 38.5. The Morgan fingerprint density at radius 1 is 1.22 bits per heavy atom. The second-order valence-corrected chi connectivity index (χ2v) is 6.92. The molecule has 0 atom stereocenters. The summed E-state index contributed by atoms with van der Waals surface area (Å²) in [6.45, 7) is 1.85. The molecular weight excluding hydrogens is 379 g/mol. The SMILES string of the molecule is O=C(NC1CCN(Cc2cccc(C(F)(F)F)c2)CC1)c1cccnc1Cl. The number of halogens is 4. The third kappa shape index (κ3) is 5.20. The lowest BCUT2D eigenvalue weighted by Gasteiger charge is -2.32. The van der Waals surface area contributed by atoms with Gasteiger partial charge in [-0.1, -0.05) is 29.8 Å². The standard InChI is InChI=1S/C19H19ClF3N3O/c20-17-16(5-2-8-24-17)18(27)25-15-6-9-26(10-7-15)12-13-3-1-4-14(11-13)19(21,22)23/h1-5,8,11,15H,6-7,9-10,12H2,(H,25,27). The van der Waals surface area contributed by atoms with Crippen LogP contribution in [0.15, 0.2) is 42.6 Å². The molecule has 1 aromatic heterocycles. The van der Waals surface area contributed by atoms with Crippen LogP contribution in [-0.2, 0) is 12.7 Å². The third-order valence-corrected chi connectivity index (χ3v) is 4.89. The van der Waals surface area contributed by atoms with E-state index in [-0.39, 0.29) is 17.1 Å². The highest BCUT2D eigenvalue weighted by atomic mass is 35.5. The van der Waals surface area contributed by atoms with E-state index in [0.29, 0.717) is 30.8 Å². The Morgan fingerprint density at radius 2 is 1.96 bits per heavy atom. The number of carbonyl (C=O) groups is 1. The number of carbonyl (C=O) groups excluding carboxylic acids is 1. The van der Waals surface area contributed by atoms with Crippen LogP contribution in [0.25, 0.3) is 0 Å². The fraction of sp³-hybridized carbons (Fsp3) is 0.368. The maximum absolute atomic E-state index is 12.8. The number of piperidine rings is 1. The first-order valence-corrected chi connectivity index (χ1v) is 9.00. The van der Waals surface area contributed by atoms with Crippen LogP contribution in [0.2, 0.25) is 5.15 Å². The number of nitrogens with one attached hydrogen (secondary N) is 1. The van der Waals surface area contributed by atoms with E-state index in [1.54, 1.807) is 18.2 Å². The molecule has 8 heteroatoms. The molecule has 0 saturated carbocycles. The number of aromatic nitrogens is 1. The molecule has 144 valence electrons. The van der Waals surface area contributed by atoms with Crippen LogP contribution in [0.4, 0.5) is 13.2 Å². The number of pyridine rings is 1. The maximum atomic E-state index is 12.8. The molecule has 0 aliphatic carbocycles. The van der Waals surface area contributed by atoms with Crippen molar-refractivity contribution in [3.8, 4) is 0 Å². The maximum Gasteiger partial charge on any atom is 0.416 e. The van der Waals surface area contributed by atoms with Crippen molar-refractivity contribution < 1.29 is 18.0 Å². The summed E-state index contributed by atoms with van der Waals surface area (Å²) in [7, 11) is 0. The van der Waals surface area contributed by atoms with Crippen LogP contribution in [0.1, 0.15) is 34.3 Å². The van der Waals surface area contributed by atoms with Gasteiger partial charge in [-0.05, 0) is 36.6 Å². The summed E-state index contributed by atoms with van der Waals surface area (Å²) in [6, 6.07) is 8.68. The van der Waals surface area contributed by atoms with Gasteiger partial charge < -0.3 is 5.32 Å². The van der Waals surface area contributed by atoms with E-state index in [4.69, 9.17) is 11.6 Å². The highest BCUT2D eigenvalue weighted by Crippen LogP contribution is 2.30. The smallest absolute Gasteiger partial charge is 0.349 e. The summed E-state index contributed by atoms with van der Waals surface area (Å²) in [4.78, 5) is 18.3. The van der Waals surface area contributed by atoms with Gasteiger partial charge in [-0.15, -0.1) is 0 Å². The van der Waals surface area contributed by atoms with E-state index < -0.39 is 11.7 Å². The molecule has 0 radical (unpaired) electrons. The summed E-state index contributed by atoms with van der Waals surface area (Å²) in [5.41, 5.74) is 0.343. The van der Waals surface area contributed by atoms with Crippen molar-refractivity contribution >= 4 is 17.5 Å². The van der Waals surface area contributed by atoms with Gasteiger partial charge >= 0.3 is 6.18 Å². The van der Waals surface area contributed by atoms with Gasteiger partial charge in [0, 0.05) is 31.9 Å². The van der Waals surface area contributed by atoms with Gasteiger partial charge in [0.05, 0.1) is 11.1 Å². The third-order valence-electron chi connectivity index (χ3n) is 4.59. The number of benzene rings is 1. The molecule has 0 spiro atoms. The largest absolute Gasteiger partial charge is 0.416 e. The highest BCUT2D eigenvalue weighted by molar-refractivity contribution is 6.32. The zero-order valence-corrected chi connectivity index (χ0v) is 15.2. The van der Waals surface area contributed by atoms with Gasteiger partial charge in [-0.3, -0.25) is 9.69 Å².